The van der Waals surface area contributed by atoms with Crippen LogP contribution in [0.5, 0.6) is 0 Å². The fourth-order valence-corrected chi connectivity index (χ4v) is 1.47. The van der Waals surface area contributed by atoms with E-state index in [-0.39, 0.29) is 0 Å². The minimum Gasteiger partial charge on any atom is -0.380 e. The summed E-state index contributed by atoms with van der Waals surface area (Å²) in [5.74, 6) is 0. The largest absolute Gasteiger partial charge is 0.380 e. The summed E-state index contributed by atoms with van der Waals surface area (Å²) in [5.41, 5.74) is 1.26. The number of anilines is 1. The zero-order valence-corrected chi connectivity index (χ0v) is 10.3. The lowest BCUT2D eigenvalue weighted by molar-refractivity contribution is 0.149. The van der Waals surface area contributed by atoms with Crippen molar-refractivity contribution < 1.29 is 4.74 Å². The Morgan fingerprint density at radius 1 is 1.19 bits per heavy atom. The lowest BCUT2D eigenvalue weighted by atomic mass is 10.3. The first-order valence-corrected chi connectivity index (χ1v) is 5.89. The number of ether oxygens (including phenoxy) is 1. The van der Waals surface area contributed by atoms with Crippen LogP contribution in [0.15, 0.2) is 30.3 Å². The van der Waals surface area contributed by atoms with Gasteiger partial charge in [0.15, 0.2) is 0 Å². The zero-order valence-electron chi connectivity index (χ0n) is 10.3. The van der Waals surface area contributed by atoms with Crippen LogP contribution < -0.4 is 10.2 Å². The van der Waals surface area contributed by atoms with Crippen LogP contribution in [-0.4, -0.2) is 39.9 Å². The summed E-state index contributed by atoms with van der Waals surface area (Å²) in [6.07, 6.45) is 0. The molecule has 0 atom stereocenters. The van der Waals surface area contributed by atoms with Gasteiger partial charge in [0.05, 0.1) is 6.61 Å². The highest BCUT2D eigenvalue weighted by atomic mass is 16.5. The Hall–Kier alpha value is -1.06. The molecule has 1 aromatic carbocycles. The van der Waals surface area contributed by atoms with E-state index in [1.807, 2.05) is 13.0 Å². The van der Waals surface area contributed by atoms with Crippen LogP contribution in [0.1, 0.15) is 6.92 Å². The molecule has 0 aliphatic carbocycles. The average molecular weight is 222 g/mol. The Morgan fingerprint density at radius 2 is 1.94 bits per heavy atom. The monoisotopic (exact) mass is 222 g/mol. The Labute approximate surface area is 98.4 Å². The quantitative estimate of drug-likeness (QED) is 0.678. The Bertz CT molecular complexity index is 264. The summed E-state index contributed by atoms with van der Waals surface area (Å²) in [5, 5.41) is 3.35. The van der Waals surface area contributed by atoms with E-state index in [0.717, 1.165) is 32.8 Å². The summed E-state index contributed by atoms with van der Waals surface area (Å²) in [7, 11) is 2.11. The maximum Gasteiger partial charge on any atom is 0.0590 e. The molecule has 0 aromatic heterocycles. The molecule has 0 amide bonds. The van der Waals surface area contributed by atoms with Gasteiger partial charge in [0.2, 0.25) is 0 Å². The molecule has 0 unspecified atom stereocenters. The van der Waals surface area contributed by atoms with Crippen LogP contribution in [0, 0.1) is 0 Å². The molecule has 0 aliphatic heterocycles. The van der Waals surface area contributed by atoms with Gasteiger partial charge in [0.1, 0.15) is 0 Å². The highest BCUT2D eigenvalue weighted by Crippen LogP contribution is 2.09. The predicted molar refractivity (Wildman–Crippen MR) is 69.1 cm³/mol. The van der Waals surface area contributed by atoms with Crippen molar-refractivity contribution in [2.45, 2.75) is 6.92 Å². The highest BCUT2D eigenvalue weighted by Gasteiger charge is 1.98. The third-order valence-corrected chi connectivity index (χ3v) is 2.45. The zero-order chi connectivity index (χ0) is 11.6. The number of hydrogen-bond donors (Lipinski definition) is 1. The summed E-state index contributed by atoms with van der Waals surface area (Å²) in [6, 6.07) is 10.4. The van der Waals surface area contributed by atoms with Crippen LogP contribution in [0.3, 0.4) is 0 Å². The standard InChI is InChI=1S/C13H22N2O/c1-3-16-12-10-14-9-11-15(2)13-7-5-4-6-8-13/h4-8,14H,3,9-12H2,1-2H3. The second-order valence-corrected chi connectivity index (χ2v) is 3.70. The van der Waals surface area contributed by atoms with Gasteiger partial charge in [-0.2, -0.15) is 0 Å². The van der Waals surface area contributed by atoms with Gasteiger partial charge in [-0.15, -0.1) is 0 Å². The SMILES string of the molecule is CCOCCNCCN(C)c1ccccc1. The van der Waals surface area contributed by atoms with Crippen molar-refractivity contribution in [1.82, 2.24) is 5.32 Å². The van der Waals surface area contributed by atoms with E-state index in [0.29, 0.717) is 0 Å². The number of nitrogens with zero attached hydrogens (tertiary/aromatic N) is 1. The normalized spacial score (nSPS) is 10.4. The van der Waals surface area contributed by atoms with Gasteiger partial charge in [-0.3, -0.25) is 0 Å². The molecule has 0 heterocycles. The molecule has 0 saturated carbocycles. The molecule has 0 aliphatic rings. The second kappa shape index (κ2) is 8.13. The van der Waals surface area contributed by atoms with Gasteiger partial charge in [-0.25, -0.2) is 0 Å². The number of benzene rings is 1. The third kappa shape index (κ3) is 5.14. The maximum absolute atomic E-state index is 5.25. The molecule has 1 rings (SSSR count). The van der Waals surface area contributed by atoms with E-state index in [1.54, 1.807) is 0 Å². The van der Waals surface area contributed by atoms with Crippen LogP contribution in [0.4, 0.5) is 5.69 Å². The molecule has 0 fully saturated rings. The van der Waals surface area contributed by atoms with Crippen LogP contribution in [-0.2, 0) is 4.74 Å². The summed E-state index contributed by atoms with van der Waals surface area (Å²) in [6.45, 7) is 6.53. The molecule has 0 radical (unpaired) electrons. The highest BCUT2D eigenvalue weighted by molar-refractivity contribution is 5.44. The summed E-state index contributed by atoms with van der Waals surface area (Å²) < 4.78 is 5.25. The first-order valence-electron chi connectivity index (χ1n) is 5.89. The van der Waals surface area contributed by atoms with Gasteiger partial charge in [-0.05, 0) is 19.1 Å². The smallest absolute Gasteiger partial charge is 0.0590 e. The number of nitrogens with one attached hydrogen (secondary N) is 1. The van der Waals surface area contributed by atoms with Crippen molar-refractivity contribution in [2.24, 2.45) is 0 Å². The Balaban J connectivity index is 2.09. The van der Waals surface area contributed by atoms with E-state index in [1.165, 1.54) is 5.69 Å². The lowest BCUT2D eigenvalue weighted by Crippen LogP contribution is -2.30. The maximum atomic E-state index is 5.25. The van der Waals surface area contributed by atoms with Crippen LogP contribution in [0.25, 0.3) is 0 Å². The lowest BCUT2D eigenvalue weighted by Gasteiger charge is -2.19. The molecule has 1 aromatic rings. The Kier molecular flexibility index (Phi) is 6.61. The number of hydrogen-bond acceptors (Lipinski definition) is 3. The molecule has 3 heteroatoms. The summed E-state index contributed by atoms with van der Waals surface area (Å²) in [4.78, 5) is 2.24. The van der Waals surface area contributed by atoms with Gasteiger partial charge < -0.3 is 15.0 Å². The van der Waals surface area contributed by atoms with Gasteiger partial charge >= 0.3 is 0 Å². The van der Waals surface area contributed by atoms with Crippen molar-refractivity contribution in [3.8, 4) is 0 Å². The first kappa shape index (κ1) is 13.0. The predicted octanol–water partition coefficient (Wildman–Crippen LogP) is 1.75. The average Bonchev–Trinajstić information content (AvgIpc) is 2.34. The van der Waals surface area contributed by atoms with Crippen molar-refractivity contribution in [1.29, 1.82) is 0 Å². The van der Waals surface area contributed by atoms with E-state index in [2.05, 4.69) is 41.5 Å². The fourth-order valence-electron chi connectivity index (χ4n) is 1.47. The molecule has 0 bridgehead atoms. The van der Waals surface area contributed by atoms with E-state index in [9.17, 15) is 0 Å². The van der Waals surface area contributed by atoms with E-state index >= 15 is 0 Å². The number of para-hydroxylation sites is 1. The van der Waals surface area contributed by atoms with Crippen molar-refractivity contribution in [3.63, 3.8) is 0 Å². The molecular formula is C13H22N2O. The van der Waals surface area contributed by atoms with Gasteiger partial charge in [0, 0.05) is 39.0 Å². The number of likely N-dealkylation sites (N-methyl/N-ethyl adjacent to an activating group) is 1. The van der Waals surface area contributed by atoms with Gasteiger partial charge in [-0.1, -0.05) is 18.2 Å². The van der Waals surface area contributed by atoms with Gasteiger partial charge in [0.25, 0.3) is 0 Å². The fraction of sp³-hybridized carbons (Fsp3) is 0.538. The van der Waals surface area contributed by atoms with E-state index in [4.69, 9.17) is 4.74 Å². The molecule has 90 valence electrons. The van der Waals surface area contributed by atoms with Crippen molar-refractivity contribution in [2.75, 3.05) is 44.8 Å². The first-order chi connectivity index (χ1) is 7.84. The Morgan fingerprint density at radius 3 is 2.62 bits per heavy atom. The molecule has 16 heavy (non-hydrogen) atoms. The molecular weight excluding hydrogens is 200 g/mol. The van der Waals surface area contributed by atoms with Crippen LogP contribution >= 0.6 is 0 Å². The molecule has 0 saturated heterocycles. The minimum atomic E-state index is 0.797. The van der Waals surface area contributed by atoms with Crippen molar-refractivity contribution >= 4 is 5.69 Å². The molecule has 3 nitrogen and oxygen atoms in total. The summed E-state index contributed by atoms with van der Waals surface area (Å²) >= 11 is 0. The number of rotatable bonds is 8. The topological polar surface area (TPSA) is 24.5 Å². The molecule has 0 spiro atoms. The second-order valence-electron chi connectivity index (χ2n) is 3.70. The van der Waals surface area contributed by atoms with Crippen molar-refractivity contribution in [3.05, 3.63) is 30.3 Å². The van der Waals surface area contributed by atoms with E-state index < -0.39 is 0 Å². The molecule has 1 N–H and O–H groups in total. The third-order valence-electron chi connectivity index (χ3n) is 2.45. The minimum absolute atomic E-state index is 0.797. The van der Waals surface area contributed by atoms with Crippen LogP contribution in [0.2, 0.25) is 0 Å².